The molecule has 0 spiro atoms. The first-order valence-corrected chi connectivity index (χ1v) is 7.13. The summed E-state index contributed by atoms with van der Waals surface area (Å²) in [5.41, 5.74) is 0.970. The number of hydrogen-bond donors (Lipinski definition) is 1. The maximum absolute atomic E-state index is 12.1. The second-order valence-electron chi connectivity index (χ2n) is 5.46. The molecule has 3 nitrogen and oxygen atoms in total. The molecule has 2 rings (SSSR count). The summed E-state index contributed by atoms with van der Waals surface area (Å²) in [6.07, 6.45) is 3.51. The third-order valence-corrected chi connectivity index (χ3v) is 4.60. The van der Waals surface area contributed by atoms with Crippen molar-refractivity contribution in [2.75, 3.05) is 20.6 Å². The quantitative estimate of drug-likeness (QED) is 0.841. The minimum atomic E-state index is -0.611. The fraction of sp³-hybridized carbons (Fsp3) is 0.533. The number of carbonyl (C=O) groups excluding carboxylic acids is 1. The van der Waals surface area contributed by atoms with Gasteiger partial charge in [-0.05, 0) is 38.9 Å². The molecule has 1 atom stereocenters. The van der Waals surface area contributed by atoms with Crippen LogP contribution in [0.25, 0.3) is 0 Å². The molecule has 1 fully saturated rings. The zero-order valence-electron chi connectivity index (χ0n) is 11.5. The van der Waals surface area contributed by atoms with E-state index >= 15 is 0 Å². The summed E-state index contributed by atoms with van der Waals surface area (Å²) in [4.78, 5) is 14.3. The SMILES string of the molecule is CN(C)C1(CNC(=O)C(Cl)c2ccccc2)CCC1. The van der Waals surface area contributed by atoms with Gasteiger partial charge in [-0.25, -0.2) is 0 Å². The van der Waals surface area contributed by atoms with Gasteiger partial charge < -0.3 is 10.2 Å². The van der Waals surface area contributed by atoms with Crippen molar-refractivity contribution in [2.45, 2.75) is 30.2 Å². The van der Waals surface area contributed by atoms with Gasteiger partial charge in [-0.2, -0.15) is 0 Å². The van der Waals surface area contributed by atoms with Crippen LogP contribution >= 0.6 is 11.6 Å². The van der Waals surface area contributed by atoms with Crippen LogP contribution in [0.5, 0.6) is 0 Å². The van der Waals surface area contributed by atoms with Gasteiger partial charge in [-0.1, -0.05) is 30.3 Å². The molecule has 1 aliphatic carbocycles. The average Bonchev–Trinajstić information content (AvgIpc) is 2.37. The van der Waals surface area contributed by atoms with Crippen molar-refractivity contribution in [2.24, 2.45) is 0 Å². The molecule has 0 radical (unpaired) electrons. The maximum atomic E-state index is 12.1. The Morgan fingerprint density at radius 1 is 1.37 bits per heavy atom. The van der Waals surface area contributed by atoms with Gasteiger partial charge in [-0.3, -0.25) is 4.79 Å². The van der Waals surface area contributed by atoms with Crippen molar-refractivity contribution in [3.8, 4) is 0 Å². The lowest BCUT2D eigenvalue weighted by atomic mass is 9.75. The van der Waals surface area contributed by atoms with Gasteiger partial charge in [-0.15, -0.1) is 11.6 Å². The zero-order valence-corrected chi connectivity index (χ0v) is 12.3. The highest BCUT2D eigenvalue weighted by Crippen LogP contribution is 2.35. The fourth-order valence-corrected chi connectivity index (χ4v) is 2.70. The first kappa shape index (κ1) is 14.4. The summed E-state index contributed by atoms with van der Waals surface area (Å²) < 4.78 is 0. The van der Waals surface area contributed by atoms with Crippen molar-refractivity contribution >= 4 is 17.5 Å². The Hall–Kier alpha value is -1.06. The number of nitrogens with one attached hydrogen (secondary N) is 1. The average molecular weight is 281 g/mol. The summed E-state index contributed by atoms with van der Waals surface area (Å²) in [5.74, 6) is -0.110. The summed E-state index contributed by atoms with van der Waals surface area (Å²) in [7, 11) is 4.14. The van der Waals surface area contributed by atoms with E-state index in [0.717, 1.165) is 18.4 Å². The predicted octanol–water partition coefficient (Wildman–Crippen LogP) is 2.57. The highest BCUT2D eigenvalue weighted by molar-refractivity contribution is 6.30. The minimum Gasteiger partial charge on any atom is -0.353 e. The van der Waals surface area contributed by atoms with Crippen LogP contribution in [0.15, 0.2) is 30.3 Å². The van der Waals surface area contributed by atoms with Crippen LogP contribution in [0.2, 0.25) is 0 Å². The molecule has 1 saturated carbocycles. The number of alkyl halides is 1. The van der Waals surface area contributed by atoms with Crippen LogP contribution in [0.4, 0.5) is 0 Å². The van der Waals surface area contributed by atoms with E-state index in [1.165, 1.54) is 6.42 Å². The standard InChI is InChI=1S/C15H21ClN2O/c1-18(2)15(9-6-10-15)11-17-14(19)13(16)12-7-4-3-5-8-12/h3-5,7-8,13H,6,9-11H2,1-2H3,(H,17,19). The largest absolute Gasteiger partial charge is 0.353 e. The van der Waals surface area contributed by atoms with Gasteiger partial charge in [0, 0.05) is 12.1 Å². The van der Waals surface area contributed by atoms with Crippen LogP contribution in [-0.2, 0) is 4.79 Å². The normalized spacial score (nSPS) is 18.7. The number of rotatable bonds is 5. The van der Waals surface area contributed by atoms with Crippen LogP contribution in [0.3, 0.4) is 0 Å². The molecule has 1 amide bonds. The van der Waals surface area contributed by atoms with Crippen molar-refractivity contribution in [1.29, 1.82) is 0 Å². The second kappa shape index (κ2) is 5.93. The molecule has 0 heterocycles. The molecule has 4 heteroatoms. The zero-order chi connectivity index (χ0) is 13.9. The molecule has 1 aromatic rings. The van der Waals surface area contributed by atoms with Crippen LogP contribution in [0, 0.1) is 0 Å². The summed E-state index contributed by atoms with van der Waals surface area (Å²) in [5, 5.41) is 2.38. The summed E-state index contributed by atoms with van der Waals surface area (Å²) in [6.45, 7) is 0.675. The van der Waals surface area contributed by atoms with E-state index < -0.39 is 5.38 Å². The van der Waals surface area contributed by atoms with Gasteiger partial charge in [0.25, 0.3) is 0 Å². The van der Waals surface area contributed by atoms with E-state index in [4.69, 9.17) is 11.6 Å². The fourth-order valence-electron chi connectivity index (χ4n) is 2.48. The van der Waals surface area contributed by atoms with Crippen LogP contribution in [0.1, 0.15) is 30.2 Å². The third kappa shape index (κ3) is 3.10. The number of halogens is 1. The van der Waals surface area contributed by atoms with E-state index in [2.05, 4.69) is 24.3 Å². The van der Waals surface area contributed by atoms with Gasteiger partial charge in [0.2, 0.25) is 5.91 Å². The Balaban J connectivity index is 1.91. The summed E-state index contributed by atoms with van der Waals surface area (Å²) in [6, 6.07) is 9.46. The van der Waals surface area contributed by atoms with Gasteiger partial charge >= 0.3 is 0 Å². The Morgan fingerprint density at radius 2 is 2.00 bits per heavy atom. The Labute approximate surface area is 119 Å². The lowest BCUT2D eigenvalue weighted by Crippen LogP contribution is -2.57. The van der Waals surface area contributed by atoms with E-state index in [1.807, 2.05) is 30.3 Å². The molecule has 1 aliphatic rings. The van der Waals surface area contributed by atoms with Gasteiger partial charge in [0.1, 0.15) is 5.38 Å². The molecule has 0 aromatic heterocycles. The van der Waals surface area contributed by atoms with E-state index in [1.54, 1.807) is 0 Å². The Kier molecular flexibility index (Phi) is 4.48. The highest BCUT2D eigenvalue weighted by Gasteiger charge is 2.39. The minimum absolute atomic E-state index is 0.110. The van der Waals surface area contributed by atoms with Crippen molar-refractivity contribution < 1.29 is 4.79 Å². The molecule has 1 N–H and O–H groups in total. The molecular formula is C15H21ClN2O. The van der Waals surface area contributed by atoms with Crippen molar-refractivity contribution in [3.63, 3.8) is 0 Å². The Morgan fingerprint density at radius 3 is 2.47 bits per heavy atom. The monoisotopic (exact) mass is 280 g/mol. The van der Waals surface area contributed by atoms with Gasteiger partial charge in [0.05, 0.1) is 0 Å². The smallest absolute Gasteiger partial charge is 0.242 e. The predicted molar refractivity (Wildman–Crippen MR) is 78.3 cm³/mol. The lowest BCUT2D eigenvalue weighted by molar-refractivity contribution is -0.121. The van der Waals surface area contributed by atoms with Crippen molar-refractivity contribution in [1.82, 2.24) is 10.2 Å². The highest BCUT2D eigenvalue weighted by atomic mass is 35.5. The lowest BCUT2D eigenvalue weighted by Gasteiger charge is -2.47. The number of carbonyl (C=O) groups is 1. The van der Waals surface area contributed by atoms with Gasteiger partial charge in [0.15, 0.2) is 0 Å². The topological polar surface area (TPSA) is 32.3 Å². The number of nitrogens with zero attached hydrogens (tertiary/aromatic N) is 1. The molecular weight excluding hydrogens is 260 g/mol. The number of benzene rings is 1. The van der Waals surface area contributed by atoms with E-state index in [9.17, 15) is 4.79 Å². The first-order valence-electron chi connectivity index (χ1n) is 6.69. The molecule has 0 bridgehead atoms. The van der Waals surface area contributed by atoms with Crippen molar-refractivity contribution in [3.05, 3.63) is 35.9 Å². The number of likely N-dealkylation sites (N-methyl/N-ethyl adjacent to an activating group) is 1. The van der Waals surface area contributed by atoms with E-state index in [0.29, 0.717) is 6.54 Å². The van der Waals surface area contributed by atoms with Crippen LogP contribution < -0.4 is 5.32 Å². The molecule has 0 saturated heterocycles. The molecule has 0 aliphatic heterocycles. The first-order chi connectivity index (χ1) is 9.05. The Bertz CT molecular complexity index is 429. The third-order valence-electron chi connectivity index (χ3n) is 4.15. The maximum Gasteiger partial charge on any atom is 0.242 e. The molecule has 1 unspecified atom stereocenters. The molecule has 1 aromatic carbocycles. The molecule has 104 valence electrons. The summed E-state index contributed by atoms with van der Waals surface area (Å²) >= 11 is 6.20. The number of amides is 1. The van der Waals surface area contributed by atoms with Crippen LogP contribution in [-0.4, -0.2) is 37.0 Å². The number of hydrogen-bond acceptors (Lipinski definition) is 2. The van der Waals surface area contributed by atoms with E-state index in [-0.39, 0.29) is 11.4 Å². The second-order valence-corrected chi connectivity index (χ2v) is 5.90. The molecule has 19 heavy (non-hydrogen) atoms.